The minimum Gasteiger partial charge on any atom is -0.497 e. The van der Waals surface area contributed by atoms with Gasteiger partial charge < -0.3 is 15.2 Å². The van der Waals surface area contributed by atoms with Crippen LogP contribution < -0.4 is 10.5 Å². The van der Waals surface area contributed by atoms with Gasteiger partial charge in [-0.2, -0.15) is 5.26 Å². The van der Waals surface area contributed by atoms with Gasteiger partial charge in [0, 0.05) is 18.0 Å². The highest BCUT2D eigenvalue weighted by Crippen LogP contribution is 2.19. The number of rotatable bonds is 4. The molecule has 0 radical (unpaired) electrons. The predicted octanol–water partition coefficient (Wildman–Crippen LogP) is 1.90. The average Bonchev–Trinajstić information content (AvgIpc) is 2.52. The Morgan fingerprint density at radius 3 is 2.90 bits per heavy atom. The molecular weight excluding hydrogens is 270 g/mol. The highest BCUT2D eigenvalue weighted by Gasteiger charge is 2.10. The molecule has 0 saturated heterocycles. The van der Waals surface area contributed by atoms with Gasteiger partial charge in [-0.1, -0.05) is 0 Å². The zero-order valence-corrected chi connectivity index (χ0v) is 11.4. The van der Waals surface area contributed by atoms with Crippen molar-refractivity contribution in [3.05, 3.63) is 53.3 Å². The van der Waals surface area contributed by atoms with E-state index in [0.717, 1.165) is 0 Å². The number of carbonyl (C=O) groups excluding carboxylic acids is 1. The second kappa shape index (κ2) is 6.39. The first-order valence-corrected chi connectivity index (χ1v) is 6.09. The number of hydrogen-bond acceptors (Lipinski definition) is 6. The van der Waals surface area contributed by atoms with E-state index in [1.807, 2.05) is 6.07 Å². The van der Waals surface area contributed by atoms with Gasteiger partial charge >= 0.3 is 5.97 Å². The molecule has 0 aliphatic rings. The topological polar surface area (TPSA) is 98.2 Å². The lowest BCUT2D eigenvalue weighted by Gasteiger charge is -2.07. The summed E-state index contributed by atoms with van der Waals surface area (Å²) in [7, 11) is 1.49. The van der Waals surface area contributed by atoms with Gasteiger partial charge in [-0.25, -0.2) is 9.78 Å². The van der Waals surface area contributed by atoms with E-state index in [-0.39, 0.29) is 12.3 Å². The third kappa shape index (κ3) is 3.70. The van der Waals surface area contributed by atoms with Crippen LogP contribution in [0.1, 0.15) is 21.6 Å². The molecule has 0 bridgehead atoms. The average molecular weight is 283 g/mol. The molecule has 0 fully saturated rings. The van der Waals surface area contributed by atoms with Gasteiger partial charge in [-0.3, -0.25) is 0 Å². The minimum atomic E-state index is -0.518. The van der Waals surface area contributed by atoms with Gasteiger partial charge in [0.05, 0.1) is 12.7 Å². The fraction of sp³-hybridized carbons (Fsp3) is 0.133. The van der Waals surface area contributed by atoms with E-state index in [1.165, 1.54) is 19.4 Å². The molecule has 1 aromatic heterocycles. The Morgan fingerprint density at radius 1 is 1.38 bits per heavy atom. The molecule has 1 aromatic carbocycles. The van der Waals surface area contributed by atoms with Crippen LogP contribution in [0, 0.1) is 11.3 Å². The number of hydrogen-bond donors (Lipinski definition) is 1. The minimum absolute atomic E-state index is 0.0488. The molecular formula is C15H13N3O3. The first-order chi connectivity index (χ1) is 10.1. The molecule has 0 saturated carbocycles. The van der Waals surface area contributed by atoms with Crippen LogP contribution in [0.4, 0.5) is 5.69 Å². The third-order valence-electron chi connectivity index (χ3n) is 2.71. The van der Waals surface area contributed by atoms with Crippen LogP contribution in [0.25, 0.3) is 0 Å². The normalized spacial score (nSPS) is 9.71. The summed E-state index contributed by atoms with van der Waals surface area (Å²) in [5.74, 6) is -0.0338. The van der Waals surface area contributed by atoms with Crippen molar-refractivity contribution < 1.29 is 14.3 Å². The number of nitrogens with zero attached hydrogens (tertiary/aromatic N) is 2. The van der Waals surface area contributed by atoms with Crippen molar-refractivity contribution in [3.8, 4) is 11.8 Å². The zero-order valence-electron chi connectivity index (χ0n) is 11.4. The van der Waals surface area contributed by atoms with Crippen molar-refractivity contribution in [3.63, 3.8) is 0 Å². The predicted molar refractivity (Wildman–Crippen MR) is 75.5 cm³/mol. The molecule has 1 heterocycles. The van der Waals surface area contributed by atoms with E-state index in [2.05, 4.69) is 4.98 Å². The quantitative estimate of drug-likeness (QED) is 0.679. The Hall–Kier alpha value is -3.07. The third-order valence-corrected chi connectivity index (χ3v) is 2.71. The SMILES string of the molecule is COc1cc(N)cc(C(=O)OCc2ccnc(C#N)c2)c1. The van der Waals surface area contributed by atoms with E-state index >= 15 is 0 Å². The highest BCUT2D eigenvalue weighted by atomic mass is 16.5. The molecule has 0 atom stereocenters. The van der Waals surface area contributed by atoms with Crippen molar-refractivity contribution in [2.45, 2.75) is 6.61 Å². The number of aromatic nitrogens is 1. The van der Waals surface area contributed by atoms with Crippen LogP contribution in [0.2, 0.25) is 0 Å². The Balaban J connectivity index is 2.08. The molecule has 106 valence electrons. The van der Waals surface area contributed by atoms with Crippen LogP contribution in [0.15, 0.2) is 36.5 Å². The molecule has 0 unspecified atom stereocenters. The monoisotopic (exact) mass is 283 g/mol. The van der Waals surface area contributed by atoms with E-state index < -0.39 is 5.97 Å². The van der Waals surface area contributed by atoms with Crippen LogP contribution in [0.5, 0.6) is 5.75 Å². The molecule has 0 spiro atoms. The molecule has 6 heteroatoms. The Labute approximate surface area is 121 Å². The van der Waals surface area contributed by atoms with Gasteiger partial charge in [-0.05, 0) is 29.8 Å². The van der Waals surface area contributed by atoms with E-state index in [0.29, 0.717) is 22.6 Å². The Bertz CT molecular complexity index is 708. The number of nitrogen functional groups attached to an aromatic ring is 1. The number of anilines is 1. The lowest BCUT2D eigenvalue weighted by atomic mass is 10.2. The second-order valence-corrected chi connectivity index (χ2v) is 4.23. The summed E-state index contributed by atoms with van der Waals surface area (Å²) >= 11 is 0. The van der Waals surface area contributed by atoms with E-state index in [4.69, 9.17) is 20.5 Å². The molecule has 2 rings (SSSR count). The lowest BCUT2D eigenvalue weighted by Crippen LogP contribution is -2.06. The molecule has 6 nitrogen and oxygen atoms in total. The summed E-state index contributed by atoms with van der Waals surface area (Å²) in [6.07, 6.45) is 1.49. The van der Waals surface area contributed by atoms with Crippen molar-refractivity contribution in [1.29, 1.82) is 5.26 Å². The highest BCUT2D eigenvalue weighted by molar-refractivity contribution is 5.91. The van der Waals surface area contributed by atoms with Crippen molar-refractivity contribution in [1.82, 2.24) is 4.98 Å². The largest absolute Gasteiger partial charge is 0.497 e. The molecule has 21 heavy (non-hydrogen) atoms. The van der Waals surface area contributed by atoms with Crippen LogP contribution >= 0.6 is 0 Å². The fourth-order valence-electron chi connectivity index (χ4n) is 1.72. The molecule has 0 aliphatic carbocycles. The van der Waals surface area contributed by atoms with Gasteiger partial charge in [0.15, 0.2) is 0 Å². The van der Waals surface area contributed by atoms with Crippen LogP contribution in [-0.2, 0) is 11.3 Å². The van der Waals surface area contributed by atoms with Gasteiger partial charge in [0.1, 0.15) is 24.1 Å². The number of carbonyl (C=O) groups is 1. The Kier molecular flexibility index (Phi) is 4.36. The maximum atomic E-state index is 12.0. The number of nitriles is 1. The van der Waals surface area contributed by atoms with Gasteiger partial charge in [0.25, 0.3) is 0 Å². The van der Waals surface area contributed by atoms with E-state index in [1.54, 1.807) is 24.3 Å². The first kappa shape index (κ1) is 14.3. The summed E-state index contributed by atoms with van der Waals surface area (Å²) in [5.41, 5.74) is 7.36. The number of esters is 1. The van der Waals surface area contributed by atoms with Crippen molar-refractivity contribution >= 4 is 11.7 Å². The number of pyridine rings is 1. The number of methoxy groups -OCH3 is 1. The van der Waals surface area contributed by atoms with Crippen LogP contribution in [-0.4, -0.2) is 18.1 Å². The zero-order chi connectivity index (χ0) is 15.2. The number of ether oxygens (including phenoxy) is 2. The van der Waals surface area contributed by atoms with E-state index in [9.17, 15) is 4.79 Å². The fourth-order valence-corrected chi connectivity index (χ4v) is 1.72. The maximum absolute atomic E-state index is 12.0. The number of nitrogens with two attached hydrogens (primary N) is 1. The van der Waals surface area contributed by atoms with Gasteiger partial charge in [0.2, 0.25) is 0 Å². The summed E-state index contributed by atoms with van der Waals surface area (Å²) in [6, 6.07) is 9.83. The maximum Gasteiger partial charge on any atom is 0.338 e. The summed E-state index contributed by atoms with van der Waals surface area (Å²) < 4.78 is 10.2. The summed E-state index contributed by atoms with van der Waals surface area (Å²) in [6.45, 7) is 0.0488. The Morgan fingerprint density at radius 2 is 2.19 bits per heavy atom. The standard InChI is InChI=1S/C15H13N3O3/c1-20-14-6-11(5-12(17)7-14)15(19)21-9-10-2-3-18-13(4-10)8-16/h2-7H,9,17H2,1H3. The molecule has 2 aromatic rings. The van der Waals surface area contributed by atoms with Crippen molar-refractivity contribution in [2.24, 2.45) is 0 Å². The second-order valence-electron chi connectivity index (χ2n) is 4.23. The van der Waals surface area contributed by atoms with Crippen LogP contribution in [0.3, 0.4) is 0 Å². The molecule has 0 amide bonds. The molecule has 2 N–H and O–H groups in total. The van der Waals surface area contributed by atoms with Crippen molar-refractivity contribution in [2.75, 3.05) is 12.8 Å². The summed E-state index contributed by atoms with van der Waals surface area (Å²) in [4.78, 5) is 15.8. The first-order valence-electron chi connectivity index (χ1n) is 6.09. The summed E-state index contributed by atoms with van der Waals surface area (Å²) in [5, 5.41) is 8.76. The molecule has 0 aliphatic heterocycles. The van der Waals surface area contributed by atoms with Gasteiger partial charge in [-0.15, -0.1) is 0 Å². The number of benzene rings is 1. The lowest BCUT2D eigenvalue weighted by molar-refractivity contribution is 0.0472. The smallest absolute Gasteiger partial charge is 0.338 e.